The normalized spacial score (nSPS) is 12.4. The van der Waals surface area contributed by atoms with Gasteiger partial charge in [0, 0.05) is 0 Å². The number of rotatable bonds is 7. The Kier molecular flexibility index (Phi) is 5.50. The lowest BCUT2D eigenvalue weighted by Gasteiger charge is -2.17. The molecule has 0 amide bonds. The summed E-state index contributed by atoms with van der Waals surface area (Å²) in [5.74, 6) is 0.0666. The van der Waals surface area contributed by atoms with Crippen LogP contribution >= 0.6 is 0 Å². The molecule has 19 heavy (non-hydrogen) atoms. The summed E-state index contributed by atoms with van der Waals surface area (Å²) in [6, 6.07) is 2.34. The van der Waals surface area contributed by atoms with Gasteiger partial charge in [-0.25, -0.2) is 0 Å². The van der Waals surface area contributed by atoms with Crippen molar-refractivity contribution in [3.05, 3.63) is 28.0 Å². The van der Waals surface area contributed by atoms with Crippen molar-refractivity contribution in [2.45, 2.75) is 32.9 Å². The topological polar surface area (TPSA) is 94.6 Å². The molecule has 1 rings (SSSR count). The van der Waals surface area contributed by atoms with Gasteiger partial charge in [-0.2, -0.15) is 0 Å². The summed E-state index contributed by atoms with van der Waals surface area (Å²) in [7, 11) is 1.33. The number of esters is 1. The highest BCUT2D eigenvalue weighted by molar-refractivity contribution is 5.75. The Morgan fingerprint density at radius 1 is 1.53 bits per heavy atom. The van der Waals surface area contributed by atoms with Gasteiger partial charge in [-0.3, -0.25) is 20.2 Å². The molecule has 1 heterocycles. The Bertz CT molecular complexity index is 441. The van der Waals surface area contributed by atoms with Gasteiger partial charge in [-0.05, 0) is 18.4 Å². The van der Waals surface area contributed by atoms with E-state index in [4.69, 9.17) is 9.15 Å². The molecule has 106 valence electrons. The second-order valence-electron chi connectivity index (χ2n) is 4.58. The number of nitro groups is 1. The number of nitrogens with one attached hydrogen (secondary N) is 1. The SMILES string of the molecule is COC(=O)C(CC(C)C)NCc1ccc([N+](=O)[O-])o1. The molecule has 0 bridgehead atoms. The lowest BCUT2D eigenvalue weighted by molar-refractivity contribution is -0.402. The summed E-state index contributed by atoms with van der Waals surface area (Å²) < 4.78 is 9.70. The van der Waals surface area contributed by atoms with Crippen LogP contribution in [0.2, 0.25) is 0 Å². The van der Waals surface area contributed by atoms with Crippen molar-refractivity contribution in [3.8, 4) is 0 Å². The monoisotopic (exact) mass is 270 g/mol. The maximum Gasteiger partial charge on any atom is 0.433 e. The van der Waals surface area contributed by atoms with Gasteiger partial charge < -0.3 is 9.15 Å². The standard InChI is InChI=1S/C12H18N2O5/c1-8(2)6-10(12(15)18-3)13-7-9-4-5-11(19-9)14(16)17/h4-5,8,10,13H,6-7H2,1-3H3. The van der Waals surface area contributed by atoms with Crippen LogP contribution < -0.4 is 5.32 Å². The highest BCUT2D eigenvalue weighted by atomic mass is 16.6. The quantitative estimate of drug-likeness (QED) is 0.461. The summed E-state index contributed by atoms with van der Waals surface area (Å²) in [6.45, 7) is 4.23. The molecule has 0 saturated heterocycles. The van der Waals surface area contributed by atoms with E-state index in [9.17, 15) is 14.9 Å². The molecule has 0 radical (unpaired) electrons. The van der Waals surface area contributed by atoms with E-state index in [0.717, 1.165) is 0 Å². The maximum absolute atomic E-state index is 11.6. The van der Waals surface area contributed by atoms with Crippen LogP contribution in [0.25, 0.3) is 0 Å². The Morgan fingerprint density at radius 2 is 2.21 bits per heavy atom. The predicted octanol–water partition coefficient (Wildman–Crippen LogP) is 1.87. The van der Waals surface area contributed by atoms with Gasteiger partial charge >= 0.3 is 11.9 Å². The number of methoxy groups -OCH3 is 1. The van der Waals surface area contributed by atoms with E-state index in [1.165, 1.54) is 19.2 Å². The number of ether oxygens (including phenoxy) is 1. The number of nitrogens with zero attached hydrogens (tertiary/aromatic N) is 1. The van der Waals surface area contributed by atoms with E-state index in [-0.39, 0.29) is 18.4 Å². The van der Waals surface area contributed by atoms with Crippen molar-refractivity contribution >= 4 is 11.9 Å². The first kappa shape index (κ1) is 15.2. The maximum atomic E-state index is 11.6. The fraction of sp³-hybridized carbons (Fsp3) is 0.583. The predicted molar refractivity (Wildman–Crippen MR) is 67.5 cm³/mol. The summed E-state index contributed by atoms with van der Waals surface area (Å²) in [6.07, 6.45) is 0.621. The number of hydrogen-bond acceptors (Lipinski definition) is 6. The first-order valence-corrected chi connectivity index (χ1v) is 5.98. The van der Waals surface area contributed by atoms with Crippen molar-refractivity contribution < 1.29 is 18.9 Å². The van der Waals surface area contributed by atoms with Crippen molar-refractivity contribution in [1.82, 2.24) is 5.32 Å². The van der Waals surface area contributed by atoms with E-state index in [2.05, 4.69) is 5.32 Å². The molecule has 0 fully saturated rings. The van der Waals surface area contributed by atoms with Crippen molar-refractivity contribution in [2.75, 3.05) is 7.11 Å². The molecule has 0 aromatic carbocycles. The minimum absolute atomic E-state index is 0.236. The Hall–Kier alpha value is -1.89. The van der Waals surface area contributed by atoms with Crippen LogP contribution in [-0.2, 0) is 16.1 Å². The largest absolute Gasteiger partial charge is 0.468 e. The highest BCUT2D eigenvalue weighted by Gasteiger charge is 2.21. The van der Waals surface area contributed by atoms with E-state index in [1.54, 1.807) is 0 Å². The smallest absolute Gasteiger partial charge is 0.433 e. The van der Waals surface area contributed by atoms with Crippen LogP contribution in [0.1, 0.15) is 26.0 Å². The molecule has 7 heteroatoms. The minimum Gasteiger partial charge on any atom is -0.468 e. The first-order chi connectivity index (χ1) is 8.93. The third-order valence-corrected chi connectivity index (χ3v) is 2.54. The molecule has 0 aliphatic carbocycles. The van der Waals surface area contributed by atoms with Crippen LogP contribution in [0.5, 0.6) is 0 Å². The second kappa shape index (κ2) is 6.89. The molecule has 1 aromatic rings. The molecule has 1 unspecified atom stereocenters. The van der Waals surface area contributed by atoms with E-state index in [1.807, 2.05) is 13.8 Å². The van der Waals surface area contributed by atoms with Gasteiger partial charge in [0.15, 0.2) is 0 Å². The van der Waals surface area contributed by atoms with Gasteiger partial charge in [-0.1, -0.05) is 13.8 Å². The van der Waals surface area contributed by atoms with E-state index >= 15 is 0 Å². The van der Waals surface area contributed by atoms with Gasteiger partial charge in [0.25, 0.3) is 0 Å². The van der Waals surface area contributed by atoms with Crippen molar-refractivity contribution in [1.29, 1.82) is 0 Å². The zero-order chi connectivity index (χ0) is 14.4. The van der Waals surface area contributed by atoms with Crippen LogP contribution in [0.3, 0.4) is 0 Å². The fourth-order valence-corrected chi connectivity index (χ4v) is 1.66. The summed E-state index contributed by atoms with van der Waals surface area (Å²) >= 11 is 0. The lowest BCUT2D eigenvalue weighted by Crippen LogP contribution is -2.38. The third-order valence-electron chi connectivity index (χ3n) is 2.54. The number of carbonyl (C=O) groups excluding carboxylic acids is 1. The molecular formula is C12H18N2O5. The molecule has 0 saturated carbocycles. The fourth-order valence-electron chi connectivity index (χ4n) is 1.66. The average molecular weight is 270 g/mol. The Morgan fingerprint density at radius 3 is 2.68 bits per heavy atom. The van der Waals surface area contributed by atoms with Crippen LogP contribution in [-0.4, -0.2) is 24.0 Å². The van der Waals surface area contributed by atoms with Crippen LogP contribution in [0.15, 0.2) is 16.5 Å². The molecular weight excluding hydrogens is 252 g/mol. The summed E-state index contributed by atoms with van der Waals surface area (Å²) in [4.78, 5) is 21.4. The molecule has 0 aliphatic rings. The van der Waals surface area contributed by atoms with E-state index < -0.39 is 11.0 Å². The van der Waals surface area contributed by atoms with Gasteiger partial charge in [0.05, 0.1) is 19.7 Å². The second-order valence-corrected chi connectivity index (χ2v) is 4.58. The first-order valence-electron chi connectivity index (χ1n) is 5.98. The Balaban J connectivity index is 2.59. The zero-order valence-corrected chi connectivity index (χ0v) is 11.2. The average Bonchev–Trinajstić information content (AvgIpc) is 2.82. The molecule has 0 spiro atoms. The highest BCUT2D eigenvalue weighted by Crippen LogP contribution is 2.16. The molecule has 1 atom stereocenters. The zero-order valence-electron chi connectivity index (χ0n) is 11.2. The minimum atomic E-state index is -0.602. The molecule has 1 N–H and O–H groups in total. The number of hydrogen-bond donors (Lipinski definition) is 1. The lowest BCUT2D eigenvalue weighted by atomic mass is 10.0. The van der Waals surface area contributed by atoms with Gasteiger partial charge in [-0.15, -0.1) is 0 Å². The van der Waals surface area contributed by atoms with Crippen molar-refractivity contribution in [2.24, 2.45) is 5.92 Å². The number of carbonyl (C=O) groups is 1. The van der Waals surface area contributed by atoms with Gasteiger partial charge in [0.2, 0.25) is 0 Å². The van der Waals surface area contributed by atoms with Crippen LogP contribution in [0, 0.1) is 16.0 Å². The summed E-state index contributed by atoms with van der Waals surface area (Å²) in [5.41, 5.74) is 0. The Labute approximate surface area is 111 Å². The van der Waals surface area contributed by atoms with E-state index in [0.29, 0.717) is 18.1 Å². The van der Waals surface area contributed by atoms with Gasteiger partial charge in [0.1, 0.15) is 16.7 Å². The van der Waals surface area contributed by atoms with Crippen LogP contribution in [0.4, 0.5) is 5.88 Å². The molecule has 0 aliphatic heterocycles. The molecule has 1 aromatic heterocycles. The summed E-state index contributed by atoms with van der Waals surface area (Å²) in [5, 5.41) is 13.4. The number of furan rings is 1. The molecule has 7 nitrogen and oxygen atoms in total. The van der Waals surface area contributed by atoms with Crippen molar-refractivity contribution in [3.63, 3.8) is 0 Å². The third kappa shape index (κ3) is 4.70.